The maximum atomic E-state index is 12.1. The van der Waals surface area contributed by atoms with E-state index < -0.39 is 6.09 Å². The van der Waals surface area contributed by atoms with Gasteiger partial charge < -0.3 is 20.1 Å². The van der Waals surface area contributed by atoms with Gasteiger partial charge in [-0.3, -0.25) is 9.88 Å². The molecule has 3 aromatic rings. The maximum Gasteiger partial charge on any atom is 0.416 e. The number of aromatic nitrogens is 3. The molecule has 1 aromatic carbocycles. The van der Waals surface area contributed by atoms with Gasteiger partial charge in [-0.25, -0.2) is 19.6 Å². The van der Waals surface area contributed by atoms with Crippen LogP contribution in [0.25, 0.3) is 10.9 Å². The van der Waals surface area contributed by atoms with Crippen molar-refractivity contribution in [3.8, 4) is 11.6 Å². The number of amides is 2. The van der Waals surface area contributed by atoms with E-state index in [4.69, 9.17) is 4.74 Å². The van der Waals surface area contributed by atoms with E-state index in [1.54, 1.807) is 24.3 Å². The summed E-state index contributed by atoms with van der Waals surface area (Å²) in [4.78, 5) is 33.6. The van der Waals surface area contributed by atoms with Crippen LogP contribution in [0.4, 0.5) is 15.4 Å². The van der Waals surface area contributed by atoms with Gasteiger partial charge in [0.2, 0.25) is 5.88 Å². The number of hydrogen-bond donors (Lipinski definition) is 3. The Kier molecular flexibility index (Phi) is 6.81. The molecule has 0 aliphatic carbocycles. The normalized spacial score (nSPS) is 10.9. The predicted molar refractivity (Wildman–Crippen MR) is 112 cm³/mol. The lowest BCUT2D eigenvalue weighted by Gasteiger charge is -2.18. The van der Waals surface area contributed by atoms with Crippen molar-refractivity contribution in [1.82, 2.24) is 24.8 Å². The summed E-state index contributed by atoms with van der Waals surface area (Å²) in [7, 11) is 0. The fourth-order valence-corrected chi connectivity index (χ4v) is 2.95. The number of carbonyl (C=O) groups excluding carboxylic acids is 1. The zero-order chi connectivity index (χ0) is 21.5. The summed E-state index contributed by atoms with van der Waals surface area (Å²) >= 11 is 0. The molecule has 0 aliphatic heterocycles. The molecule has 30 heavy (non-hydrogen) atoms. The molecular weight excluding hydrogens is 388 g/mol. The minimum Gasteiger partial charge on any atom is -0.464 e. The SMILES string of the molecule is CCN(CC)CCNC(=O)Nc1cc(Oc2ccc3ccn(C(=O)O)c3c2)ncn1. The fraction of sp³-hybridized carbons (Fsp3) is 0.300. The van der Waals surface area contributed by atoms with E-state index >= 15 is 0 Å². The number of nitrogens with zero attached hydrogens (tertiary/aromatic N) is 4. The van der Waals surface area contributed by atoms with E-state index in [1.165, 1.54) is 18.6 Å². The quantitative estimate of drug-likeness (QED) is 0.519. The second kappa shape index (κ2) is 9.70. The van der Waals surface area contributed by atoms with Gasteiger partial charge in [0.1, 0.15) is 17.9 Å². The number of carbonyl (C=O) groups is 2. The van der Waals surface area contributed by atoms with Gasteiger partial charge in [0.15, 0.2) is 0 Å². The third-order valence-electron chi connectivity index (χ3n) is 4.58. The Bertz CT molecular complexity index is 1030. The predicted octanol–water partition coefficient (Wildman–Crippen LogP) is 3.21. The monoisotopic (exact) mass is 412 g/mol. The van der Waals surface area contributed by atoms with Crippen LogP contribution in [-0.4, -0.2) is 62.8 Å². The van der Waals surface area contributed by atoms with Crippen molar-refractivity contribution in [2.75, 3.05) is 31.5 Å². The van der Waals surface area contributed by atoms with Crippen LogP contribution in [0.3, 0.4) is 0 Å². The first-order valence-electron chi connectivity index (χ1n) is 9.61. The van der Waals surface area contributed by atoms with Gasteiger partial charge in [0, 0.05) is 36.8 Å². The van der Waals surface area contributed by atoms with Gasteiger partial charge in [0.25, 0.3) is 0 Å². The van der Waals surface area contributed by atoms with E-state index in [0.29, 0.717) is 17.8 Å². The number of urea groups is 1. The molecule has 10 heteroatoms. The van der Waals surface area contributed by atoms with Crippen LogP contribution in [0.15, 0.2) is 42.9 Å². The Balaban J connectivity index is 1.63. The number of ether oxygens (including phenoxy) is 1. The zero-order valence-electron chi connectivity index (χ0n) is 16.8. The summed E-state index contributed by atoms with van der Waals surface area (Å²) in [5.41, 5.74) is 0.500. The highest BCUT2D eigenvalue weighted by atomic mass is 16.5. The van der Waals surface area contributed by atoms with Crippen molar-refractivity contribution in [1.29, 1.82) is 0 Å². The van der Waals surface area contributed by atoms with Gasteiger partial charge in [0.05, 0.1) is 5.52 Å². The molecular formula is C20H24N6O4. The minimum absolute atomic E-state index is 0.219. The highest BCUT2D eigenvalue weighted by molar-refractivity contribution is 5.90. The molecule has 0 saturated heterocycles. The highest BCUT2D eigenvalue weighted by Gasteiger charge is 2.10. The van der Waals surface area contributed by atoms with E-state index in [1.807, 2.05) is 0 Å². The Morgan fingerprint density at radius 3 is 2.70 bits per heavy atom. The number of hydrogen-bond acceptors (Lipinski definition) is 6. The summed E-state index contributed by atoms with van der Waals surface area (Å²) in [6, 6.07) is 7.91. The molecule has 0 bridgehead atoms. The highest BCUT2D eigenvalue weighted by Crippen LogP contribution is 2.26. The third-order valence-corrected chi connectivity index (χ3v) is 4.58. The van der Waals surface area contributed by atoms with E-state index in [2.05, 4.69) is 39.3 Å². The second-order valence-corrected chi connectivity index (χ2v) is 6.44. The first-order valence-corrected chi connectivity index (χ1v) is 9.61. The van der Waals surface area contributed by atoms with Crippen LogP contribution in [0, 0.1) is 0 Å². The van der Waals surface area contributed by atoms with Crippen LogP contribution in [0.2, 0.25) is 0 Å². The van der Waals surface area contributed by atoms with Gasteiger partial charge in [-0.15, -0.1) is 0 Å². The molecule has 3 rings (SSSR count). The summed E-state index contributed by atoms with van der Waals surface area (Å²) in [6.07, 6.45) is 1.67. The number of benzene rings is 1. The van der Waals surface area contributed by atoms with Gasteiger partial charge in [-0.05, 0) is 31.3 Å². The molecule has 0 atom stereocenters. The van der Waals surface area contributed by atoms with Crippen molar-refractivity contribution in [3.05, 3.63) is 42.9 Å². The Labute approximate surface area is 173 Å². The summed E-state index contributed by atoms with van der Waals surface area (Å²) in [6.45, 7) is 7.28. The molecule has 2 aromatic heterocycles. The third kappa shape index (κ3) is 5.23. The van der Waals surface area contributed by atoms with Gasteiger partial charge in [-0.1, -0.05) is 13.8 Å². The first kappa shape index (κ1) is 21.1. The molecule has 0 saturated carbocycles. The Morgan fingerprint density at radius 1 is 1.17 bits per heavy atom. The lowest BCUT2D eigenvalue weighted by atomic mass is 10.2. The lowest BCUT2D eigenvalue weighted by molar-refractivity contribution is 0.197. The van der Waals surface area contributed by atoms with Crippen LogP contribution in [0.1, 0.15) is 13.8 Å². The fourth-order valence-electron chi connectivity index (χ4n) is 2.95. The number of nitrogens with one attached hydrogen (secondary N) is 2. The largest absolute Gasteiger partial charge is 0.464 e. The van der Waals surface area contributed by atoms with Gasteiger partial charge in [-0.2, -0.15) is 0 Å². The van der Waals surface area contributed by atoms with Crippen molar-refractivity contribution in [2.24, 2.45) is 0 Å². The van der Waals surface area contributed by atoms with E-state index in [0.717, 1.165) is 29.6 Å². The molecule has 2 amide bonds. The summed E-state index contributed by atoms with van der Waals surface area (Å²) in [5, 5.41) is 15.4. The van der Waals surface area contributed by atoms with Crippen LogP contribution >= 0.6 is 0 Å². The molecule has 0 radical (unpaired) electrons. The van der Waals surface area contributed by atoms with E-state index in [-0.39, 0.29) is 17.7 Å². The second-order valence-electron chi connectivity index (χ2n) is 6.44. The standard InChI is InChI=1S/C20H24N6O4/c1-3-25(4-2)10-8-21-19(27)24-17-12-18(23-13-22-17)30-15-6-5-14-7-9-26(20(28)29)16(14)11-15/h5-7,9,11-13H,3-4,8,10H2,1-2H3,(H,28,29)(H2,21,22,23,24,27). The van der Waals surface area contributed by atoms with Crippen molar-refractivity contribution in [2.45, 2.75) is 13.8 Å². The summed E-state index contributed by atoms with van der Waals surface area (Å²) < 4.78 is 6.83. The first-order chi connectivity index (χ1) is 14.5. The molecule has 3 N–H and O–H groups in total. The molecule has 0 spiro atoms. The number of likely N-dealkylation sites (N-methyl/N-ethyl adjacent to an activating group) is 1. The molecule has 0 unspecified atom stereocenters. The Hall–Kier alpha value is -3.66. The molecule has 0 aliphatic rings. The smallest absolute Gasteiger partial charge is 0.416 e. The molecule has 10 nitrogen and oxygen atoms in total. The summed E-state index contributed by atoms with van der Waals surface area (Å²) in [5.74, 6) is 0.920. The zero-order valence-corrected chi connectivity index (χ0v) is 16.8. The topological polar surface area (TPSA) is 122 Å². The van der Waals surface area contributed by atoms with Crippen molar-refractivity contribution < 1.29 is 19.4 Å². The van der Waals surface area contributed by atoms with E-state index in [9.17, 15) is 14.7 Å². The van der Waals surface area contributed by atoms with Crippen molar-refractivity contribution in [3.63, 3.8) is 0 Å². The average Bonchev–Trinajstić information content (AvgIpc) is 3.15. The number of fused-ring (bicyclic) bond motifs is 1. The number of carboxylic acid groups (broad SMARTS) is 1. The Morgan fingerprint density at radius 2 is 1.97 bits per heavy atom. The van der Waals surface area contributed by atoms with Crippen LogP contribution < -0.4 is 15.4 Å². The number of rotatable bonds is 8. The van der Waals surface area contributed by atoms with Crippen molar-refractivity contribution >= 4 is 28.8 Å². The number of anilines is 1. The molecule has 158 valence electrons. The van der Waals surface area contributed by atoms with Crippen LogP contribution in [0.5, 0.6) is 11.6 Å². The lowest BCUT2D eigenvalue weighted by Crippen LogP contribution is -2.37. The van der Waals surface area contributed by atoms with Crippen LogP contribution in [-0.2, 0) is 0 Å². The maximum absolute atomic E-state index is 12.1. The molecule has 0 fully saturated rings. The van der Waals surface area contributed by atoms with Gasteiger partial charge >= 0.3 is 12.1 Å². The average molecular weight is 412 g/mol. The minimum atomic E-state index is -1.08. The molecule has 2 heterocycles.